The van der Waals surface area contributed by atoms with E-state index in [1.165, 1.54) is 22.2 Å². The van der Waals surface area contributed by atoms with Gasteiger partial charge < -0.3 is 5.11 Å². The summed E-state index contributed by atoms with van der Waals surface area (Å²) in [5, 5.41) is 16.1. The molecule has 5 heteroatoms. The Hall–Kier alpha value is -2.50. The van der Waals surface area contributed by atoms with Crippen molar-refractivity contribution in [2.24, 2.45) is 0 Å². The smallest absolute Gasteiger partial charge is 0.265 e. The third kappa shape index (κ3) is 3.37. The third-order valence-electron chi connectivity index (χ3n) is 3.72. The Morgan fingerprint density at radius 2 is 1.58 bits per heavy atom. The Morgan fingerprint density at radius 1 is 0.917 bits per heavy atom. The van der Waals surface area contributed by atoms with Crippen molar-refractivity contribution in [1.29, 1.82) is 0 Å². The van der Waals surface area contributed by atoms with Crippen LogP contribution in [0.3, 0.4) is 0 Å². The molecule has 0 unspecified atom stereocenters. The van der Waals surface area contributed by atoms with Gasteiger partial charge in [0.2, 0.25) is 0 Å². The summed E-state index contributed by atoms with van der Waals surface area (Å²) in [5.41, 5.74) is 0.989. The van der Waals surface area contributed by atoms with Gasteiger partial charge in [-0.15, -0.1) is 0 Å². The number of carbonyl (C=O) groups is 2. The largest absolute Gasteiger partial charge is 0.392 e. The number of hydrogen-bond donors (Lipinski definition) is 2. The van der Waals surface area contributed by atoms with Crippen LogP contribution < -0.4 is 5.32 Å². The number of nitrogens with one attached hydrogen (secondary N) is 1. The number of benzene rings is 3. The second-order valence-electron chi connectivity index (χ2n) is 5.31. The Labute approximate surface area is 146 Å². The lowest BCUT2D eigenvalue weighted by Gasteiger charge is -2.05. The van der Waals surface area contributed by atoms with Crippen LogP contribution in [-0.4, -0.2) is 16.9 Å². The lowest BCUT2D eigenvalue weighted by Crippen LogP contribution is -2.21. The average Bonchev–Trinajstić information content (AvgIpc) is 2.88. The Bertz CT molecular complexity index is 979. The molecule has 1 aliphatic heterocycles. The molecule has 0 fully saturated rings. The van der Waals surface area contributed by atoms with E-state index in [0.29, 0.717) is 4.48 Å². The van der Waals surface area contributed by atoms with E-state index >= 15 is 0 Å². The molecule has 0 saturated carbocycles. The van der Waals surface area contributed by atoms with Crippen LogP contribution in [0, 0.1) is 0 Å². The van der Waals surface area contributed by atoms with Gasteiger partial charge in [0.15, 0.2) is 0 Å². The van der Waals surface area contributed by atoms with Crippen molar-refractivity contribution in [3.63, 3.8) is 0 Å². The number of amides is 2. The molecule has 2 N–H and O–H groups in total. The molecule has 1 aliphatic rings. The van der Waals surface area contributed by atoms with Crippen molar-refractivity contribution in [1.82, 2.24) is 5.32 Å². The number of halogens is 1. The Morgan fingerprint density at radius 3 is 2.12 bits per heavy atom. The van der Waals surface area contributed by atoms with Crippen molar-refractivity contribution < 1.29 is 14.7 Å². The summed E-state index contributed by atoms with van der Waals surface area (Å²) in [5.74, 6) is -0.725. The van der Waals surface area contributed by atoms with Gasteiger partial charge in [-0.25, -0.2) is 0 Å². The van der Waals surface area contributed by atoms with E-state index in [9.17, 15) is 14.7 Å². The van der Waals surface area contributed by atoms with Crippen molar-refractivity contribution in [2.45, 2.75) is 6.61 Å². The minimum atomic E-state index is -0.366. The molecule has 0 atom stereocenters. The summed E-state index contributed by atoms with van der Waals surface area (Å²) in [6.07, 6.45) is 1.20. The van der Waals surface area contributed by atoms with E-state index < -0.39 is 0 Å². The van der Waals surface area contributed by atoms with Crippen LogP contribution in [0.5, 0.6) is 0 Å². The molecule has 1 heterocycles. The minimum absolute atomic E-state index is 0.0929. The zero-order chi connectivity index (χ0) is 17.1. The lowest BCUT2D eigenvalue weighted by molar-refractivity contribution is -0.123. The van der Waals surface area contributed by atoms with E-state index in [-0.39, 0.29) is 18.4 Å². The van der Waals surface area contributed by atoms with Crippen molar-refractivity contribution in [3.8, 4) is 0 Å². The third-order valence-corrected chi connectivity index (χ3v) is 4.31. The molecule has 3 aromatic rings. The monoisotopic (exact) mass is 383 g/mol. The fourth-order valence-electron chi connectivity index (χ4n) is 2.56. The van der Waals surface area contributed by atoms with Crippen molar-refractivity contribution in [2.75, 3.05) is 0 Å². The first-order valence-electron chi connectivity index (χ1n) is 7.32. The van der Waals surface area contributed by atoms with Crippen molar-refractivity contribution in [3.05, 3.63) is 70.7 Å². The van der Waals surface area contributed by atoms with Crippen LogP contribution in [0.15, 0.2) is 65.2 Å². The molecule has 24 heavy (non-hydrogen) atoms. The SMILES string of the molecule is O=C1C=C(Br)C(=O)N1.OCc1cccc2cc3ccccc3cc12. The maximum Gasteiger partial charge on any atom is 0.265 e. The van der Waals surface area contributed by atoms with Gasteiger partial charge >= 0.3 is 0 Å². The summed E-state index contributed by atoms with van der Waals surface area (Å²) < 4.78 is 0.294. The molecule has 4 nitrogen and oxygen atoms in total. The molecular formula is C19H14BrNO3. The van der Waals surface area contributed by atoms with Crippen LogP contribution in [0.1, 0.15) is 5.56 Å². The Kier molecular flexibility index (Phi) is 4.74. The molecule has 0 aliphatic carbocycles. The van der Waals surface area contributed by atoms with E-state index in [1.54, 1.807) is 0 Å². The molecular weight excluding hydrogens is 370 g/mol. The average molecular weight is 384 g/mol. The number of rotatable bonds is 1. The van der Waals surface area contributed by atoms with E-state index in [4.69, 9.17) is 0 Å². The van der Waals surface area contributed by atoms with Crippen LogP contribution in [-0.2, 0) is 16.2 Å². The van der Waals surface area contributed by atoms with Gasteiger partial charge in [0.1, 0.15) is 0 Å². The van der Waals surface area contributed by atoms with Gasteiger partial charge in [0.05, 0.1) is 11.1 Å². The number of carbonyl (C=O) groups excluding carboxylic acids is 2. The summed E-state index contributed by atoms with van der Waals surface area (Å²) in [7, 11) is 0. The van der Waals surface area contributed by atoms with Gasteiger partial charge in [-0.05, 0) is 55.2 Å². The van der Waals surface area contributed by atoms with Crippen LogP contribution in [0.4, 0.5) is 0 Å². The second-order valence-corrected chi connectivity index (χ2v) is 6.16. The van der Waals surface area contributed by atoms with Crippen LogP contribution in [0.25, 0.3) is 21.5 Å². The standard InChI is InChI=1S/C15H12O.C4H2BrNO2/c16-10-14-7-3-6-13-8-11-4-1-2-5-12(11)9-15(13)14;5-2-1-3(7)6-4(2)8/h1-9,16H,10H2;1H,(H,6,7,8). The highest BCUT2D eigenvalue weighted by Gasteiger charge is 2.16. The second kappa shape index (κ2) is 6.95. The fourth-order valence-corrected chi connectivity index (χ4v) is 2.86. The first-order valence-corrected chi connectivity index (χ1v) is 8.11. The molecule has 0 bridgehead atoms. The van der Waals surface area contributed by atoms with E-state index in [1.807, 2.05) is 29.6 Å². The number of aliphatic hydroxyl groups excluding tert-OH is 1. The summed E-state index contributed by atoms with van der Waals surface area (Å²) in [6, 6.07) is 18.7. The highest BCUT2D eigenvalue weighted by atomic mass is 79.9. The van der Waals surface area contributed by atoms with Crippen LogP contribution >= 0.6 is 15.9 Å². The number of aliphatic hydroxyl groups is 1. The van der Waals surface area contributed by atoms with Crippen LogP contribution in [0.2, 0.25) is 0 Å². The lowest BCUT2D eigenvalue weighted by atomic mass is 10.0. The van der Waals surface area contributed by atoms with Gasteiger partial charge in [-0.1, -0.05) is 42.5 Å². The predicted octanol–water partition coefficient (Wildman–Crippen LogP) is 3.41. The minimum Gasteiger partial charge on any atom is -0.392 e. The zero-order valence-corrected chi connectivity index (χ0v) is 14.2. The Balaban J connectivity index is 0.000000179. The zero-order valence-electron chi connectivity index (χ0n) is 12.6. The van der Waals surface area contributed by atoms with Gasteiger partial charge in [0.25, 0.3) is 11.8 Å². The van der Waals surface area contributed by atoms with Crippen molar-refractivity contribution >= 4 is 49.3 Å². The molecule has 0 radical (unpaired) electrons. The maximum atomic E-state index is 10.3. The molecule has 3 aromatic carbocycles. The number of fused-ring (bicyclic) bond motifs is 2. The highest BCUT2D eigenvalue weighted by Crippen LogP contribution is 2.25. The topological polar surface area (TPSA) is 66.4 Å². The van der Waals surface area contributed by atoms with Gasteiger partial charge in [-0.3, -0.25) is 14.9 Å². The highest BCUT2D eigenvalue weighted by molar-refractivity contribution is 9.12. The quantitative estimate of drug-likeness (QED) is 0.499. The summed E-state index contributed by atoms with van der Waals surface area (Å²) in [6.45, 7) is 0.0929. The molecule has 120 valence electrons. The molecule has 2 amide bonds. The fraction of sp³-hybridized carbons (Fsp3) is 0.0526. The molecule has 0 spiro atoms. The molecule has 0 aromatic heterocycles. The normalized spacial score (nSPS) is 13.5. The predicted molar refractivity (Wildman–Crippen MR) is 97.5 cm³/mol. The number of hydrogen-bond acceptors (Lipinski definition) is 3. The van der Waals surface area contributed by atoms with E-state index in [2.05, 4.69) is 46.3 Å². The van der Waals surface area contributed by atoms with Gasteiger partial charge in [0, 0.05) is 6.08 Å². The first kappa shape index (κ1) is 16.4. The molecule has 4 rings (SSSR count). The maximum absolute atomic E-state index is 10.3. The summed E-state index contributed by atoms with van der Waals surface area (Å²) in [4.78, 5) is 20.6. The van der Waals surface area contributed by atoms with E-state index in [0.717, 1.165) is 10.9 Å². The molecule has 0 saturated heterocycles. The van der Waals surface area contributed by atoms with Gasteiger partial charge in [-0.2, -0.15) is 0 Å². The number of imide groups is 1. The first-order chi connectivity index (χ1) is 11.6. The summed E-state index contributed by atoms with van der Waals surface area (Å²) >= 11 is 2.87.